The van der Waals surface area contributed by atoms with E-state index >= 15 is 0 Å². The summed E-state index contributed by atoms with van der Waals surface area (Å²) >= 11 is 0. The van der Waals surface area contributed by atoms with E-state index < -0.39 is 0 Å². The van der Waals surface area contributed by atoms with E-state index in [2.05, 4.69) is 0 Å². The standard InChI is InChI=1S/CH3.44W/h1H3;;;;;;;;;;;;;;;;;;;;;;;;;;;;;;;;;;;;;;;;;;;;/q-1;;;;;;;;;;;;;;;;;;;;;;;;;;;;;;;;;;;;;;;;;;;;. The first-order chi connectivity index (χ1) is 0. The molecule has 0 amide bonds. The molecule has 0 fully saturated rings. The molecular formula is CH3W44-. The zero-order valence-electron chi connectivity index (χ0n) is 19.0. The molecule has 0 aromatic carbocycles. The number of hydrogen-bond acceptors (Lipinski definition) is 0. The maximum atomic E-state index is 0. The van der Waals surface area contributed by atoms with E-state index in [-0.39, 0.29) is 934 Å². The van der Waals surface area contributed by atoms with Gasteiger partial charge in [0.15, 0.2) is 0 Å². The van der Waals surface area contributed by atoms with Crippen molar-refractivity contribution in [2.45, 2.75) is 0 Å². The second kappa shape index (κ2) is 435. The summed E-state index contributed by atoms with van der Waals surface area (Å²) in [6.45, 7) is 0. The number of rotatable bonds is 0. The average Bonchev–Trinajstić information content (AvgIpc) is 0. The predicted octanol–water partition coefficient (Wildman–Crippen LogP) is 0.340. The SMILES string of the molecule is [CH3-].[W].[W].[W].[W].[W].[W].[W].[W].[W].[W].[W].[W].[W].[W].[W].[W].[W].[W].[W].[W].[W].[W].[W].[W].[W].[W].[W].[W].[W].[W].[W].[W].[W].[W].[W].[W].[W].[W].[W].[W].[W].[W].[W].[W]. The summed E-state index contributed by atoms with van der Waals surface area (Å²) in [4.78, 5) is 0. The van der Waals surface area contributed by atoms with Crippen molar-refractivity contribution in [3.63, 3.8) is 0 Å². The molecule has 0 heterocycles. The molecular weight excluding hydrogens is 8100 g/mol. The third-order valence-corrected chi connectivity index (χ3v) is 0. The van der Waals surface area contributed by atoms with Crippen LogP contribution in [0.5, 0.6) is 0 Å². The van der Waals surface area contributed by atoms with Gasteiger partial charge in [-0.2, -0.15) is 0 Å². The Hall–Kier alpha value is 30.3. The molecule has 0 saturated heterocycles. The molecule has 0 spiro atoms. The third kappa shape index (κ3) is 423. The van der Waals surface area contributed by atoms with E-state index in [1.807, 2.05) is 0 Å². The Morgan fingerprint density at radius 3 is 0.0444 bits per heavy atom. The molecule has 0 aromatic rings. The van der Waals surface area contributed by atoms with E-state index in [1.165, 1.54) is 0 Å². The van der Waals surface area contributed by atoms with Gasteiger partial charge in [0.05, 0.1) is 0 Å². The fraction of sp³-hybridized carbons (Fsp3) is 0. The number of hydrogen-bond donors (Lipinski definition) is 0. The first-order valence-corrected chi connectivity index (χ1v) is 0. The summed E-state index contributed by atoms with van der Waals surface area (Å²) in [6, 6.07) is 0. The van der Waals surface area contributed by atoms with Gasteiger partial charge in [0.25, 0.3) is 0 Å². The van der Waals surface area contributed by atoms with Crippen LogP contribution in [0.3, 0.4) is 0 Å². The van der Waals surface area contributed by atoms with Crippen LogP contribution in [0.25, 0.3) is 0 Å². The molecule has 0 aromatic heterocycles. The Balaban J connectivity index is 0. The van der Waals surface area contributed by atoms with Crippen LogP contribution >= 0.6 is 0 Å². The Morgan fingerprint density at radius 2 is 0.0444 bits per heavy atom. The van der Waals surface area contributed by atoms with Gasteiger partial charge in [-0.1, -0.05) is 0 Å². The summed E-state index contributed by atoms with van der Waals surface area (Å²) in [6.07, 6.45) is 0. The van der Waals surface area contributed by atoms with E-state index in [4.69, 9.17) is 0 Å². The third-order valence-electron chi connectivity index (χ3n) is 0. The molecule has 0 atom stereocenters. The van der Waals surface area contributed by atoms with Crippen LogP contribution in [0.4, 0.5) is 0 Å². The monoisotopic (exact) mass is 8110 g/mol. The molecule has 0 radical (unpaired) electrons. The summed E-state index contributed by atoms with van der Waals surface area (Å²) in [7, 11) is 0. The molecule has 0 N–H and O–H groups in total. The molecule has 0 bridgehead atoms. The van der Waals surface area contributed by atoms with Gasteiger partial charge >= 0.3 is 0 Å². The minimum Gasteiger partial charge on any atom is -0.358 e. The van der Waals surface area contributed by atoms with Crippen molar-refractivity contribution in [2.75, 3.05) is 0 Å². The van der Waals surface area contributed by atoms with Gasteiger partial charge in [-0.15, -0.1) is 0 Å². The zero-order valence-corrected chi connectivity index (χ0v) is 148. The molecule has 0 unspecified atom stereocenters. The Kier molecular flexibility index (Phi) is 4380. The normalized spacial score (nSPS) is 0. The minimum absolute atomic E-state index is 0. The second-order valence-corrected chi connectivity index (χ2v) is 0. The first kappa shape index (κ1) is 453. The maximum Gasteiger partial charge on any atom is 0 e. The van der Waals surface area contributed by atoms with Gasteiger partial charge in [-0.25, -0.2) is 0 Å². The van der Waals surface area contributed by atoms with Gasteiger partial charge in [-0.05, 0) is 0 Å². The largest absolute Gasteiger partial charge is 0.358 e. The van der Waals surface area contributed by atoms with Crippen molar-refractivity contribution >= 4 is 0 Å². The maximum absolute atomic E-state index is 0. The van der Waals surface area contributed by atoms with Crippen molar-refractivity contribution < 1.29 is 927 Å². The Morgan fingerprint density at radius 1 is 0.0444 bits per heavy atom. The molecule has 272 valence electrons. The van der Waals surface area contributed by atoms with Gasteiger partial charge < -0.3 is 7.43 Å². The van der Waals surface area contributed by atoms with Crippen LogP contribution in [0.1, 0.15) is 0 Å². The predicted molar refractivity (Wildman–Crippen MR) is 6.41 cm³/mol. The van der Waals surface area contributed by atoms with Crippen LogP contribution in [-0.2, 0) is 927 Å². The average molecular weight is 8100 g/mol. The Labute approximate surface area is 906 Å². The van der Waals surface area contributed by atoms with Gasteiger partial charge in [-0.3, -0.25) is 0 Å². The molecule has 0 aliphatic heterocycles. The molecule has 0 aliphatic carbocycles. The van der Waals surface area contributed by atoms with E-state index in [1.54, 1.807) is 0 Å². The molecule has 0 aliphatic rings. The van der Waals surface area contributed by atoms with Gasteiger partial charge in [0.1, 0.15) is 0 Å². The van der Waals surface area contributed by atoms with Crippen LogP contribution in [0, 0.1) is 7.43 Å². The fourth-order valence-electron chi connectivity index (χ4n) is 0. The van der Waals surface area contributed by atoms with Crippen molar-refractivity contribution in [1.82, 2.24) is 0 Å². The van der Waals surface area contributed by atoms with Gasteiger partial charge in [0.2, 0.25) is 0 Å². The van der Waals surface area contributed by atoms with Crippen molar-refractivity contribution in [1.29, 1.82) is 0 Å². The second-order valence-electron chi connectivity index (χ2n) is 0. The molecule has 45 heavy (non-hydrogen) atoms. The van der Waals surface area contributed by atoms with Gasteiger partial charge in [0, 0.05) is 927 Å². The molecule has 44 heteroatoms. The zero-order chi connectivity index (χ0) is 0. The fourth-order valence-corrected chi connectivity index (χ4v) is 0. The van der Waals surface area contributed by atoms with E-state index in [0.29, 0.717) is 0 Å². The molecule has 0 saturated carbocycles. The van der Waals surface area contributed by atoms with E-state index in [0.717, 1.165) is 0 Å². The van der Waals surface area contributed by atoms with Crippen LogP contribution < -0.4 is 0 Å². The molecule has 0 nitrogen and oxygen atoms in total. The van der Waals surface area contributed by atoms with Crippen LogP contribution in [0.2, 0.25) is 0 Å². The molecule has 0 rings (SSSR count). The van der Waals surface area contributed by atoms with Crippen molar-refractivity contribution in [3.05, 3.63) is 7.43 Å². The van der Waals surface area contributed by atoms with Crippen LogP contribution in [-0.4, -0.2) is 0 Å². The van der Waals surface area contributed by atoms with Crippen molar-refractivity contribution in [3.8, 4) is 0 Å². The Bertz CT molecular complexity index is 6.92. The summed E-state index contributed by atoms with van der Waals surface area (Å²) in [5, 5.41) is 0. The van der Waals surface area contributed by atoms with E-state index in [9.17, 15) is 0 Å². The summed E-state index contributed by atoms with van der Waals surface area (Å²) in [5.74, 6) is 0. The minimum atomic E-state index is 0. The first-order valence-electron chi connectivity index (χ1n) is 0. The van der Waals surface area contributed by atoms with Crippen molar-refractivity contribution in [2.24, 2.45) is 0 Å². The summed E-state index contributed by atoms with van der Waals surface area (Å²) in [5.41, 5.74) is 0. The quantitative estimate of drug-likeness (QED) is 0.308. The summed E-state index contributed by atoms with van der Waals surface area (Å²) < 4.78 is 0. The topological polar surface area (TPSA) is 0 Å². The smallest absolute Gasteiger partial charge is 0 e. The van der Waals surface area contributed by atoms with Crippen LogP contribution in [0.15, 0.2) is 0 Å².